The van der Waals surface area contributed by atoms with Crippen LogP contribution in [0.5, 0.6) is 5.75 Å². The van der Waals surface area contributed by atoms with Crippen LogP contribution in [0.2, 0.25) is 0 Å². The van der Waals surface area contributed by atoms with Crippen molar-refractivity contribution in [3.05, 3.63) is 54.1 Å². The Kier molecular flexibility index (Phi) is 3.52. The third-order valence-corrected chi connectivity index (χ3v) is 2.31. The van der Waals surface area contributed by atoms with E-state index in [1.54, 1.807) is 12.2 Å². The van der Waals surface area contributed by atoms with Crippen LogP contribution < -0.4 is 0 Å². The molecule has 0 spiro atoms. The van der Waals surface area contributed by atoms with Gasteiger partial charge in [-0.2, -0.15) is 0 Å². The van der Waals surface area contributed by atoms with Crippen molar-refractivity contribution >= 4 is 0 Å². The first-order valence-electron chi connectivity index (χ1n) is 4.72. The predicted octanol–water partition coefficient (Wildman–Crippen LogP) is 3.16. The number of aromatic hydroxyl groups is 1. The summed E-state index contributed by atoms with van der Waals surface area (Å²) < 4.78 is 0. The van der Waals surface area contributed by atoms with Crippen LogP contribution in [-0.2, 0) is 12.8 Å². The summed E-state index contributed by atoms with van der Waals surface area (Å²) in [6, 6.07) is 3.97. The van der Waals surface area contributed by atoms with E-state index in [4.69, 9.17) is 0 Å². The number of phenolic OH excluding ortho intramolecular Hbond substituents is 1. The van der Waals surface area contributed by atoms with Gasteiger partial charge in [-0.05, 0) is 30.9 Å². The minimum Gasteiger partial charge on any atom is -0.507 e. The number of allylic oxidation sites excluding steroid dienone is 2. The lowest BCUT2D eigenvalue weighted by Gasteiger charge is -2.10. The summed E-state index contributed by atoms with van der Waals surface area (Å²) in [5, 5.41) is 9.94. The Morgan fingerprint density at radius 3 is 2.43 bits per heavy atom. The maximum atomic E-state index is 9.94. The van der Waals surface area contributed by atoms with E-state index in [1.807, 2.05) is 19.1 Å². The van der Waals surface area contributed by atoms with Gasteiger partial charge in [-0.1, -0.05) is 24.3 Å². The van der Waals surface area contributed by atoms with Gasteiger partial charge in [0.05, 0.1) is 0 Å². The number of rotatable bonds is 4. The molecule has 0 aromatic heterocycles. The van der Waals surface area contributed by atoms with E-state index in [1.165, 1.54) is 0 Å². The van der Waals surface area contributed by atoms with Crippen LogP contribution in [0.15, 0.2) is 37.4 Å². The Balaban J connectivity index is 3.17. The smallest absolute Gasteiger partial charge is 0.122 e. The lowest BCUT2D eigenvalue weighted by atomic mass is 9.99. The Morgan fingerprint density at radius 1 is 1.21 bits per heavy atom. The van der Waals surface area contributed by atoms with Gasteiger partial charge in [0, 0.05) is 5.56 Å². The van der Waals surface area contributed by atoms with Crippen molar-refractivity contribution in [3.63, 3.8) is 0 Å². The molecule has 1 rings (SSSR count). The summed E-state index contributed by atoms with van der Waals surface area (Å²) in [5.74, 6) is 0.393. The molecule has 0 bridgehead atoms. The Morgan fingerprint density at radius 2 is 1.86 bits per heavy atom. The Bertz CT molecular complexity index is 350. The van der Waals surface area contributed by atoms with Gasteiger partial charge in [-0.3, -0.25) is 0 Å². The molecule has 0 aliphatic carbocycles. The monoisotopic (exact) mass is 188 g/mol. The first-order chi connectivity index (χ1) is 6.70. The van der Waals surface area contributed by atoms with Crippen LogP contribution >= 0.6 is 0 Å². The highest BCUT2D eigenvalue weighted by molar-refractivity contribution is 5.46. The number of hydrogen-bond donors (Lipinski definition) is 1. The summed E-state index contributed by atoms with van der Waals surface area (Å²) >= 11 is 0. The Labute approximate surface area is 85.4 Å². The van der Waals surface area contributed by atoms with Crippen LogP contribution in [0.25, 0.3) is 0 Å². The van der Waals surface area contributed by atoms with E-state index in [9.17, 15) is 5.11 Å². The van der Waals surface area contributed by atoms with Crippen LogP contribution in [0, 0.1) is 6.92 Å². The first-order valence-corrected chi connectivity index (χ1v) is 4.72. The van der Waals surface area contributed by atoms with Gasteiger partial charge in [-0.25, -0.2) is 0 Å². The maximum absolute atomic E-state index is 9.94. The summed E-state index contributed by atoms with van der Waals surface area (Å²) in [4.78, 5) is 0. The molecule has 74 valence electrons. The van der Waals surface area contributed by atoms with Gasteiger partial charge < -0.3 is 5.11 Å². The van der Waals surface area contributed by atoms with Crippen molar-refractivity contribution in [1.82, 2.24) is 0 Å². The standard InChI is InChI=1S/C13H16O/c1-4-6-11-9-8-10(3)12(7-5-2)13(11)14/h4-5,8-9,14H,1-2,6-7H2,3H3. The number of hydrogen-bond acceptors (Lipinski definition) is 1. The van der Waals surface area contributed by atoms with E-state index < -0.39 is 0 Å². The van der Waals surface area contributed by atoms with Crippen LogP contribution in [0.3, 0.4) is 0 Å². The zero-order valence-corrected chi connectivity index (χ0v) is 8.59. The van der Waals surface area contributed by atoms with Crippen molar-refractivity contribution in [2.45, 2.75) is 19.8 Å². The molecule has 0 fully saturated rings. The quantitative estimate of drug-likeness (QED) is 0.719. The molecule has 1 nitrogen and oxygen atoms in total. The molecule has 0 aliphatic heterocycles. The fourth-order valence-electron chi connectivity index (χ4n) is 1.51. The van der Waals surface area contributed by atoms with Gasteiger partial charge in [0.25, 0.3) is 0 Å². The molecule has 0 unspecified atom stereocenters. The molecule has 0 heterocycles. The molecule has 0 amide bonds. The second-order valence-corrected chi connectivity index (χ2v) is 3.35. The molecule has 14 heavy (non-hydrogen) atoms. The SMILES string of the molecule is C=CCc1ccc(C)c(CC=C)c1O. The Hall–Kier alpha value is -1.50. The predicted molar refractivity (Wildman–Crippen MR) is 60.6 cm³/mol. The molecule has 0 saturated heterocycles. The molecular weight excluding hydrogens is 172 g/mol. The number of aryl methyl sites for hydroxylation is 1. The van der Waals surface area contributed by atoms with E-state index in [0.29, 0.717) is 18.6 Å². The van der Waals surface area contributed by atoms with Crippen molar-refractivity contribution in [2.24, 2.45) is 0 Å². The average Bonchev–Trinajstić information content (AvgIpc) is 2.17. The lowest BCUT2D eigenvalue weighted by molar-refractivity contribution is 0.463. The van der Waals surface area contributed by atoms with E-state index in [0.717, 1.165) is 16.7 Å². The molecule has 1 aromatic carbocycles. The largest absolute Gasteiger partial charge is 0.507 e. The molecule has 1 N–H and O–H groups in total. The highest BCUT2D eigenvalue weighted by atomic mass is 16.3. The van der Waals surface area contributed by atoms with Crippen molar-refractivity contribution in [3.8, 4) is 5.75 Å². The minimum absolute atomic E-state index is 0.393. The topological polar surface area (TPSA) is 20.2 Å². The summed E-state index contributed by atoms with van der Waals surface area (Å²) in [5.41, 5.74) is 3.01. The lowest BCUT2D eigenvalue weighted by Crippen LogP contribution is -1.92. The molecule has 1 heteroatoms. The van der Waals surface area contributed by atoms with E-state index in [-0.39, 0.29) is 0 Å². The van der Waals surface area contributed by atoms with Crippen molar-refractivity contribution in [1.29, 1.82) is 0 Å². The molecule has 0 radical (unpaired) electrons. The molecule has 1 aromatic rings. The van der Waals surface area contributed by atoms with E-state index in [2.05, 4.69) is 13.2 Å². The summed E-state index contributed by atoms with van der Waals surface area (Å²) in [6.07, 6.45) is 5.01. The van der Waals surface area contributed by atoms with Crippen LogP contribution in [0.4, 0.5) is 0 Å². The summed E-state index contributed by atoms with van der Waals surface area (Å²) in [7, 11) is 0. The zero-order chi connectivity index (χ0) is 10.6. The normalized spacial score (nSPS) is 9.79. The summed E-state index contributed by atoms with van der Waals surface area (Å²) in [6.45, 7) is 9.34. The third kappa shape index (κ3) is 2.05. The average molecular weight is 188 g/mol. The fourth-order valence-corrected chi connectivity index (χ4v) is 1.51. The molecular formula is C13H16O. The van der Waals surface area contributed by atoms with Crippen LogP contribution in [0.1, 0.15) is 16.7 Å². The van der Waals surface area contributed by atoms with E-state index >= 15 is 0 Å². The van der Waals surface area contributed by atoms with Gasteiger partial charge in [-0.15, -0.1) is 13.2 Å². The highest BCUT2D eigenvalue weighted by Gasteiger charge is 2.07. The second-order valence-electron chi connectivity index (χ2n) is 3.35. The van der Waals surface area contributed by atoms with Gasteiger partial charge in [0.1, 0.15) is 5.75 Å². The van der Waals surface area contributed by atoms with Gasteiger partial charge in [0.15, 0.2) is 0 Å². The highest BCUT2D eigenvalue weighted by Crippen LogP contribution is 2.27. The maximum Gasteiger partial charge on any atom is 0.122 e. The van der Waals surface area contributed by atoms with Crippen LogP contribution in [-0.4, -0.2) is 5.11 Å². The molecule has 0 saturated carbocycles. The number of benzene rings is 1. The zero-order valence-electron chi connectivity index (χ0n) is 8.59. The molecule has 0 aliphatic rings. The van der Waals surface area contributed by atoms with Gasteiger partial charge in [0.2, 0.25) is 0 Å². The van der Waals surface area contributed by atoms with Crippen molar-refractivity contribution in [2.75, 3.05) is 0 Å². The van der Waals surface area contributed by atoms with Gasteiger partial charge >= 0.3 is 0 Å². The molecule has 0 atom stereocenters. The first kappa shape index (κ1) is 10.6. The van der Waals surface area contributed by atoms with Crippen molar-refractivity contribution < 1.29 is 5.11 Å². The minimum atomic E-state index is 0.393. The number of phenols is 1. The second kappa shape index (κ2) is 4.66. The third-order valence-electron chi connectivity index (χ3n) is 2.31. The fraction of sp³-hybridized carbons (Fsp3) is 0.231.